The summed E-state index contributed by atoms with van der Waals surface area (Å²) < 4.78 is 18.5. The van der Waals surface area contributed by atoms with Crippen molar-refractivity contribution < 1.29 is 18.5 Å². The first kappa shape index (κ1) is 21.7. The number of nitrogens with zero attached hydrogens (tertiary/aromatic N) is 3. The maximum Gasteiger partial charge on any atom is 0.259 e. The van der Waals surface area contributed by atoms with Crippen molar-refractivity contribution in [3.05, 3.63) is 77.3 Å². The highest BCUT2D eigenvalue weighted by Gasteiger charge is 2.29. The molecule has 0 aliphatic carbocycles. The third kappa shape index (κ3) is 4.88. The summed E-state index contributed by atoms with van der Waals surface area (Å²) in [6.45, 7) is 3.62. The van der Waals surface area contributed by atoms with E-state index in [1.54, 1.807) is 24.0 Å². The van der Waals surface area contributed by atoms with Crippen molar-refractivity contribution in [1.29, 1.82) is 0 Å². The molecule has 1 saturated heterocycles. The van der Waals surface area contributed by atoms with Crippen LogP contribution < -0.4 is 0 Å². The highest BCUT2D eigenvalue weighted by molar-refractivity contribution is 6.00. The standard InChI is InChI=1S/C25H26FN3O3/c1-18-23(24(27-32-18)20-10-12-21(26)13-11-20)25(31)29-16-14-28(15-17-29)22(30)9-5-8-19-6-3-2-4-7-19/h2-4,6-7,10-13H,5,8-9,14-17H2,1H3. The Morgan fingerprint density at radius 2 is 1.62 bits per heavy atom. The first-order chi connectivity index (χ1) is 15.5. The van der Waals surface area contributed by atoms with Gasteiger partial charge < -0.3 is 14.3 Å². The number of aromatic nitrogens is 1. The van der Waals surface area contributed by atoms with Gasteiger partial charge in [-0.05, 0) is 49.6 Å². The van der Waals surface area contributed by atoms with Crippen LogP contribution in [-0.2, 0) is 11.2 Å². The Balaban J connectivity index is 1.33. The molecule has 7 heteroatoms. The van der Waals surface area contributed by atoms with Crippen LogP contribution in [0.15, 0.2) is 59.1 Å². The predicted octanol–water partition coefficient (Wildman–Crippen LogP) is 4.10. The van der Waals surface area contributed by atoms with Crippen LogP contribution in [0.3, 0.4) is 0 Å². The van der Waals surface area contributed by atoms with Crippen molar-refractivity contribution in [2.24, 2.45) is 0 Å². The Kier molecular flexibility index (Phi) is 6.63. The molecule has 166 valence electrons. The molecule has 4 rings (SSSR count). The van der Waals surface area contributed by atoms with Crippen molar-refractivity contribution in [1.82, 2.24) is 15.0 Å². The van der Waals surface area contributed by atoms with Crippen LogP contribution in [-0.4, -0.2) is 52.9 Å². The Bertz CT molecular complexity index is 1070. The van der Waals surface area contributed by atoms with Crippen molar-refractivity contribution in [2.45, 2.75) is 26.2 Å². The Morgan fingerprint density at radius 1 is 0.969 bits per heavy atom. The van der Waals surface area contributed by atoms with Gasteiger partial charge in [0.25, 0.3) is 5.91 Å². The smallest absolute Gasteiger partial charge is 0.259 e. The van der Waals surface area contributed by atoms with Gasteiger partial charge in [0.2, 0.25) is 5.91 Å². The van der Waals surface area contributed by atoms with Crippen LogP contribution in [0.2, 0.25) is 0 Å². The number of carbonyl (C=O) groups excluding carboxylic acids is 2. The van der Waals surface area contributed by atoms with Crippen LogP contribution in [0.25, 0.3) is 11.3 Å². The van der Waals surface area contributed by atoms with E-state index in [-0.39, 0.29) is 17.6 Å². The van der Waals surface area contributed by atoms with E-state index in [4.69, 9.17) is 4.52 Å². The van der Waals surface area contributed by atoms with Gasteiger partial charge in [0.1, 0.15) is 22.8 Å². The number of aryl methyl sites for hydroxylation is 2. The molecular weight excluding hydrogens is 409 g/mol. The van der Waals surface area contributed by atoms with Crippen LogP contribution in [0.5, 0.6) is 0 Å². The third-order valence-electron chi connectivity index (χ3n) is 5.81. The van der Waals surface area contributed by atoms with E-state index in [0.29, 0.717) is 55.2 Å². The third-order valence-corrected chi connectivity index (χ3v) is 5.81. The number of hydrogen-bond donors (Lipinski definition) is 0. The average molecular weight is 435 g/mol. The minimum Gasteiger partial charge on any atom is -0.360 e. The second kappa shape index (κ2) is 9.77. The van der Waals surface area contributed by atoms with Crippen LogP contribution in [0.1, 0.15) is 34.5 Å². The molecule has 2 aromatic carbocycles. The molecule has 0 N–H and O–H groups in total. The summed E-state index contributed by atoms with van der Waals surface area (Å²) in [6.07, 6.45) is 2.19. The van der Waals surface area contributed by atoms with Crippen molar-refractivity contribution in [3.8, 4) is 11.3 Å². The zero-order valence-corrected chi connectivity index (χ0v) is 18.1. The molecule has 1 fully saturated rings. The van der Waals surface area contributed by atoms with Gasteiger partial charge in [-0.1, -0.05) is 35.5 Å². The molecule has 32 heavy (non-hydrogen) atoms. The molecule has 3 aromatic rings. The Morgan fingerprint density at radius 3 is 2.31 bits per heavy atom. The number of halogens is 1. The minimum atomic E-state index is -0.355. The van der Waals surface area contributed by atoms with E-state index in [0.717, 1.165) is 12.8 Å². The molecule has 0 atom stereocenters. The second-order valence-corrected chi connectivity index (χ2v) is 7.98. The number of carbonyl (C=O) groups is 2. The zero-order valence-electron chi connectivity index (χ0n) is 18.1. The van der Waals surface area contributed by atoms with E-state index in [1.807, 2.05) is 23.1 Å². The SMILES string of the molecule is Cc1onc(-c2ccc(F)cc2)c1C(=O)N1CCN(C(=O)CCCc2ccccc2)CC1. The van der Waals surface area contributed by atoms with Gasteiger partial charge in [0.15, 0.2) is 0 Å². The normalized spacial score (nSPS) is 13.9. The number of rotatable bonds is 6. The molecule has 2 heterocycles. The summed E-state index contributed by atoms with van der Waals surface area (Å²) in [7, 11) is 0. The van der Waals surface area contributed by atoms with E-state index < -0.39 is 0 Å². The lowest BCUT2D eigenvalue weighted by Crippen LogP contribution is -2.50. The van der Waals surface area contributed by atoms with Gasteiger partial charge in [-0.25, -0.2) is 4.39 Å². The first-order valence-electron chi connectivity index (χ1n) is 10.9. The van der Waals surface area contributed by atoms with Gasteiger partial charge in [-0.15, -0.1) is 0 Å². The quantitative estimate of drug-likeness (QED) is 0.585. The highest BCUT2D eigenvalue weighted by atomic mass is 19.1. The second-order valence-electron chi connectivity index (χ2n) is 7.98. The topological polar surface area (TPSA) is 66.7 Å². The predicted molar refractivity (Wildman–Crippen MR) is 118 cm³/mol. The fraction of sp³-hybridized carbons (Fsp3) is 0.320. The Hall–Kier alpha value is -3.48. The van der Waals surface area contributed by atoms with Crippen molar-refractivity contribution in [2.75, 3.05) is 26.2 Å². The Labute approximate surface area is 186 Å². The minimum absolute atomic E-state index is 0.126. The fourth-order valence-corrected chi connectivity index (χ4v) is 3.99. The molecular formula is C25H26FN3O3. The molecule has 2 amide bonds. The molecule has 0 bridgehead atoms. The van der Waals surface area contributed by atoms with Crippen molar-refractivity contribution in [3.63, 3.8) is 0 Å². The molecule has 6 nitrogen and oxygen atoms in total. The maximum atomic E-state index is 13.3. The summed E-state index contributed by atoms with van der Waals surface area (Å²) >= 11 is 0. The molecule has 1 aliphatic heterocycles. The number of amides is 2. The van der Waals surface area contributed by atoms with Gasteiger partial charge >= 0.3 is 0 Å². The molecule has 1 aliphatic rings. The van der Waals surface area contributed by atoms with E-state index in [2.05, 4.69) is 17.3 Å². The largest absolute Gasteiger partial charge is 0.360 e. The van der Waals surface area contributed by atoms with E-state index >= 15 is 0 Å². The lowest BCUT2D eigenvalue weighted by Gasteiger charge is -2.34. The number of hydrogen-bond acceptors (Lipinski definition) is 4. The summed E-state index contributed by atoms with van der Waals surface area (Å²) in [5, 5.41) is 4.02. The van der Waals surface area contributed by atoms with Crippen LogP contribution in [0.4, 0.5) is 4.39 Å². The van der Waals surface area contributed by atoms with Gasteiger partial charge in [-0.3, -0.25) is 9.59 Å². The van der Waals surface area contributed by atoms with Gasteiger partial charge in [0, 0.05) is 38.2 Å². The molecule has 0 radical (unpaired) electrons. The lowest BCUT2D eigenvalue weighted by atomic mass is 10.0. The summed E-state index contributed by atoms with van der Waals surface area (Å²) in [4.78, 5) is 29.3. The first-order valence-corrected chi connectivity index (χ1v) is 10.9. The van der Waals surface area contributed by atoms with E-state index in [1.165, 1.54) is 17.7 Å². The lowest BCUT2D eigenvalue weighted by molar-refractivity contribution is -0.132. The molecule has 0 spiro atoms. The maximum absolute atomic E-state index is 13.3. The number of piperazine rings is 1. The molecule has 1 aromatic heterocycles. The van der Waals surface area contributed by atoms with E-state index in [9.17, 15) is 14.0 Å². The summed E-state index contributed by atoms with van der Waals surface area (Å²) in [5.74, 6) is 0.0144. The number of benzene rings is 2. The zero-order chi connectivity index (χ0) is 22.5. The van der Waals surface area contributed by atoms with Crippen LogP contribution in [0, 0.1) is 12.7 Å². The van der Waals surface area contributed by atoms with Gasteiger partial charge in [0.05, 0.1) is 0 Å². The fourth-order valence-electron chi connectivity index (χ4n) is 3.99. The average Bonchev–Trinajstić information content (AvgIpc) is 3.21. The monoisotopic (exact) mass is 435 g/mol. The summed E-state index contributed by atoms with van der Waals surface area (Å²) in [5.41, 5.74) is 2.65. The molecule has 0 saturated carbocycles. The molecule has 0 unspecified atom stereocenters. The summed E-state index contributed by atoms with van der Waals surface area (Å²) in [6, 6.07) is 16.0. The highest BCUT2D eigenvalue weighted by Crippen LogP contribution is 2.27. The van der Waals surface area contributed by atoms with Crippen LogP contribution >= 0.6 is 0 Å². The van der Waals surface area contributed by atoms with Gasteiger partial charge in [-0.2, -0.15) is 0 Å². The van der Waals surface area contributed by atoms with Crippen molar-refractivity contribution >= 4 is 11.8 Å².